The van der Waals surface area contributed by atoms with Crippen molar-refractivity contribution in [2.45, 2.75) is 12.5 Å². The zero-order valence-electron chi connectivity index (χ0n) is 19.6. The number of anilines is 2. The molecular formula is C29H25N3O4. The molecule has 0 spiro atoms. The number of fused-ring (bicyclic) bond motifs is 2. The predicted molar refractivity (Wildman–Crippen MR) is 143 cm³/mol. The molecule has 5 rings (SSSR count). The largest absolute Gasteiger partial charge is 0.508 e. The number of nitrogens with zero attached hydrogens (tertiary/aromatic N) is 1. The van der Waals surface area contributed by atoms with Gasteiger partial charge in [0.05, 0.1) is 11.6 Å². The summed E-state index contributed by atoms with van der Waals surface area (Å²) in [6.45, 7) is 0. The summed E-state index contributed by atoms with van der Waals surface area (Å²) >= 11 is 0. The Morgan fingerprint density at radius 2 is 1.67 bits per heavy atom. The number of pyridine rings is 1. The lowest BCUT2D eigenvalue weighted by atomic mass is 9.92. The lowest BCUT2D eigenvalue weighted by Crippen LogP contribution is -2.27. The van der Waals surface area contributed by atoms with E-state index in [9.17, 15) is 19.8 Å². The molecule has 0 aliphatic carbocycles. The smallest absolute Gasteiger partial charge is 0.265 e. The molecule has 0 saturated heterocycles. The number of para-hydroxylation sites is 1. The number of phenols is 1. The minimum atomic E-state index is -0.721. The van der Waals surface area contributed by atoms with Gasteiger partial charge in [-0.15, -0.1) is 0 Å². The summed E-state index contributed by atoms with van der Waals surface area (Å²) in [4.78, 5) is 26.8. The van der Waals surface area contributed by atoms with E-state index in [0.29, 0.717) is 27.8 Å². The van der Waals surface area contributed by atoms with Crippen molar-refractivity contribution in [1.82, 2.24) is 4.57 Å². The van der Waals surface area contributed by atoms with Gasteiger partial charge in [0.15, 0.2) is 5.78 Å². The fraction of sp³-hybridized carbons (Fsp3) is 0.103. The summed E-state index contributed by atoms with van der Waals surface area (Å²) in [7, 11) is 1.57. The standard InChI is InChI=1S/C29H25N3O4/c1-32-23-12-5-4-11-21(23)28(35)27(29(32)36)25(34)16-22(31-19-9-6-8-18(30)15-19)26-20-10-3-2-7-17(20)13-14-24(26)33/h2-15,22,31,33,35H,16,30H2,1H3/t22-/m0/s1. The Balaban J connectivity index is 1.65. The van der Waals surface area contributed by atoms with Crippen molar-refractivity contribution in [3.63, 3.8) is 0 Å². The van der Waals surface area contributed by atoms with Gasteiger partial charge in [-0.2, -0.15) is 0 Å². The molecule has 180 valence electrons. The second-order valence-electron chi connectivity index (χ2n) is 8.77. The van der Waals surface area contributed by atoms with Crippen molar-refractivity contribution in [3.8, 4) is 11.5 Å². The SMILES string of the molecule is Cn1c(=O)c(C(=O)C[C@H](Nc2cccc(N)c2)c2c(O)ccc3ccccc23)c(O)c2ccccc21. The third-order valence-electron chi connectivity index (χ3n) is 6.47. The van der Waals surface area contributed by atoms with E-state index in [4.69, 9.17) is 5.73 Å². The second kappa shape index (κ2) is 9.11. The van der Waals surface area contributed by atoms with E-state index in [1.165, 1.54) is 4.57 Å². The molecule has 4 aromatic carbocycles. The Morgan fingerprint density at radius 1 is 0.944 bits per heavy atom. The molecule has 0 unspecified atom stereocenters. The lowest BCUT2D eigenvalue weighted by Gasteiger charge is -2.23. The highest BCUT2D eigenvalue weighted by molar-refractivity contribution is 6.04. The van der Waals surface area contributed by atoms with E-state index in [2.05, 4.69) is 5.32 Å². The zero-order chi connectivity index (χ0) is 25.4. The predicted octanol–water partition coefficient (Wildman–Crippen LogP) is 5.11. The highest BCUT2D eigenvalue weighted by Gasteiger charge is 2.27. The highest BCUT2D eigenvalue weighted by Crippen LogP contribution is 2.37. The first-order valence-electron chi connectivity index (χ1n) is 11.5. The number of benzene rings is 4. The number of rotatable bonds is 6. The number of nitrogens with one attached hydrogen (secondary N) is 1. The molecular weight excluding hydrogens is 454 g/mol. The maximum atomic E-state index is 13.7. The number of nitrogen functional groups attached to an aromatic ring is 1. The summed E-state index contributed by atoms with van der Waals surface area (Å²) < 4.78 is 1.36. The first-order valence-corrected chi connectivity index (χ1v) is 11.5. The molecule has 7 nitrogen and oxygen atoms in total. The molecule has 0 amide bonds. The van der Waals surface area contributed by atoms with Gasteiger partial charge >= 0.3 is 0 Å². The minimum absolute atomic E-state index is 0.0125. The van der Waals surface area contributed by atoms with Gasteiger partial charge in [-0.3, -0.25) is 9.59 Å². The van der Waals surface area contributed by atoms with Crippen LogP contribution in [0.4, 0.5) is 11.4 Å². The van der Waals surface area contributed by atoms with Crippen LogP contribution >= 0.6 is 0 Å². The van der Waals surface area contributed by atoms with Crippen molar-refractivity contribution in [1.29, 1.82) is 0 Å². The normalized spacial score (nSPS) is 12.0. The Kier molecular flexibility index (Phi) is 5.82. The van der Waals surface area contributed by atoms with Crippen molar-refractivity contribution in [2.75, 3.05) is 11.1 Å². The van der Waals surface area contributed by atoms with Gasteiger partial charge in [0.2, 0.25) is 0 Å². The van der Waals surface area contributed by atoms with Crippen LogP contribution in [0.2, 0.25) is 0 Å². The monoisotopic (exact) mass is 479 g/mol. The van der Waals surface area contributed by atoms with Gasteiger partial charge in [0.1, 0.15) is 17.1 Å². The Bertz CT molecular complexity index is 1690. The molecule has 36 heavy (non-hydrogen) atoms. The van der Waals surface area contributed by atoms with Crippen molar-refractivity contribution >= 4 is 38.8 Å². The first-order chi connectivity index (χ1) is 17.3. The van der Waals surface area contributed by atoms with E-state index < -0.39 is 17.4 Å². The Hall–Kier alpha value is -4.78. The van der Waals surface area contributed by atoms with Crippen molar-refractivity contribution in [2.24, 2.45) is 7.05 Å². The molecule has 7 heteroatoms. The molecule has 1 heterocycles. The first kappa shape index (κ1) is 23.0. The molecule has 0 radical (unpaired) electrons. The second-order valence-corrected chi connectivity index (χ2v) is 8.77. The molecule has 0 aliphatic rings. The third-order valence-corrected chi connectivity index (χ3v) is 6.47. The van der Waals surface area contributed by atoms with Crippen LogP contribution in [-0.4, -0.2) is 20.6 Å². The van der Waals surface area contributed by atoms with Gasteiger partial charge < -0.3 is 25.8 Å². The summed E-state index contributed by atoms with van der Waals surface area (Å²) in [5, 5.41) is 27.2. The summed E-state index contributed by atoms with van der Waals surface area (Å²) in [5.74, 6) is -0.880. The van der Waals surface area contributed by atoms with E-state index in [1.807, 2.05) is 30.3 Å². The molecule has 5 N–H and O–H groups in total. The summed E-state index contributed by atoms with van der Waals surface area (Å²) in [6, 6.07) is 24.2. The topological polar surface area (TPSA) is 118 Å². The van der Waals surface area contributed by atoms with E-state index in [1.54, 1.807) is 61.6 Å². The van der Waals surface area contributed by atoms with Gasteiger partial charge in [0.25, 0.3) is 5.56 Å². The minimum Gasteiger partial charge on any atom is -0.508 e. The summed E-state index contributed by atoms with van der Waals surface area (Å²) in [6.07, 6.45) is -0.197. The van der Waals surface area contributed by atoms with E-state index in [-0.39, 0.29) is 23.5 Å². The quantitative estimate of drug-likeness (QED) is 0.199. The average Bonchev–Trinajstić information content (AvgIpc) is 2.87. The van der Waals surface area contributed by atoms with Gasteiger partial charge in [0, 0.05) is 35.8 Å². The number of aromatic hydroxyl groups is 2. The number of aryl methyl sites for hydroxylation is 1. The van der Waals surface area contributed by atoms with Crippen LogP contribution in [0.25, 0.3) is 21.7 Å². The van der Waals surface area contributed by atoms with Gasteiger partial charge in [-0.05, 0) is 47.2 Å². The Labute approximate surface area is 207 Å². The molecule has 0 saturated carbocycles. The number of nitrogens with two attached hydrogens (primary N) is 1. The number of carbonyl (C=O) groups is 1. The van der Waals surface area contributed by atoms with Crippen LogP contribution in [-0.2, 0) is 7.05 Å². The van der Waals surface area contributed by atoms with E-state index in [0.717, 1.165) is 10.8 Å². The number of hydrogen-bond acceptors (Lipinski definition) is 6. The molecule has 0 bridgehead atoms. The zero-order valence-corrected chi connectivity index (χ0v) is 19.6. The van der Waals surface area contributed by atoms with Crippen LogP contribution in [0.3, 0.4) is 0 Å². The maximum absolute atomic E-state index is 13.7. The van der Waals surface area contributed by atoms with Crippen LogP contribution in [0.1, 0.15) is 28.4 Å². The van der Waals surface area contributed by atoms with Crippen LogP contribution in [0, 0.1) is 0 Å². The van der Waals surface area contributed by atoms with Crippen LogP contribution in [0.5, 0.6) is 11.5 Å². The summed E-state index contributed by atoms with van der Waals surface area (Å²) in [5.41, 5.74) is 7.32. The van der Waals surface area contributed by atoms with Gasteiger partial charge in [-0.1, -0.05) is 48.5 Å². The fourth-order valence-corrected chi connectivity index (χ4v) is 4.72. The number of aromatic nitrogens is 1. The number of carbonyl (C=O) groups excluding carboxylic acids is 1. The number of hydrogen-bond donors (Lipinski definition) is 4. The van der Waals surface area contributed by atoms with E-state index >= 15 is 0 Å². The average molecular weight is 480 g/mol. The highest BCUT2D eigenvalue weighted by atomic mass is 16.3. The molecule has 5 aromatic rings. The van der Waals surface area contributed by atoms with Crippen LogP contribution in [0.15, 0.2) is 89.7 Å². The Morgan fingerprint density at radius 3 is 2.44 bits per heavy atom. The third kappa shape index (κ3) is 4.01. The number of Topliss-reactive ketones (excluding diaryl/α,β-unsaturated/α-hetero) is 1. The molecule has 1 aromatic heterocycles. The molecule has 1 atom stereocenters. The number of phenolic OH excluding ortho intramolecular Hbond substituents is 1. The van der Waals surface area contributed by atoms with Crippen molar-refractivity contribution < 1.29 is 15.0 Å². The van der Waals surface area contributed by atoms with Crippen LogP contribution < -0.4 is 16.6 Å². The molecule has 0 aliphatic heterocycles. The van der Waals surface area contributed by atoms with Crippen molar-refractivity contribution in [3.05, 3.63) is 106 Å². The van der Waals surface area contributed by atoms with Gasteiger partial charge in [-0.25, -0.2) is 0 Å². The molecule has 0 fully saturated rings. The fourth-order valence-electron chi connectivity index (χ4n) is 4.72. The maximum Gasteiger partial charge on any atom is 0.265 e. The lowest BCUT2D eigenvalue weighted by molar-refractivity contribution is 0.0972. The number of ketones is 1.